The van der Waals surface area contributed by atoms with Crippen molar-refractivity contribution in [3.8, 4) is 11.1 Å². The van der Waals surface area contributed by atoms with Gasteiger partial charge in [-0.15, -0.1) is 0 Å². The Labute approximate surface area is 111 Å². The van der Waals surface area contributed by atoms with Crippen molar-refractivity contribution in [3.63, 3.8) is 0 Å². The van der Waals surface area contributed by atoms with Crippen molar-refractivity contribution in [1.82, 2.24) is 0 Å². The minimum absolute atomic E-state index is 0.218. The van der Waals surface area contributed by atoms with Crippen molar-refractivity contribution in [2.45, 2.75) is 20.4 Å². The predicted molar refractivity (Wildman–Crippen MR) is 74.2 cm³/mol. The summed E-state index contributed by atoms with van der Waals surface area (Å²) in [5, 5.41) is 0.578. The summed E-state index contributed by atoms with van der Waals surface area (Å²) in [5.74, 6) is -0.218. The third-order valence-corrected chi connectivity index (χ3v) is 3.35. The average molecular weight is 264 g/mol. The maximum Gasteiger partial charge on any atom is 0.131 e. The smallest absolute Gasteiger partial charge is 0.131 e. The van der Waals surface area contributed by atoms with E-state index in [-0.39, 0.29) is 5.82 Å². The summed E-state index contributed by atoms with van der Waals surface area (Å²) in [4.78, 5) is 0. The van der Waals surface area contributed by atoms with E-state index in [0.717, 1.165) is 22.3 Å². The molecule has 0 saturated carbocycles. The van der Waals surface area contributed by atoms with Gasteiger partial charge in [-0.2, -0.15) is 0 Å². The molecule has 0 amide bonds. The van der Waals surface area contributed by atoms with Crippen molar-refractivity contribution < 1.29 is 4.39 Å². The molecule has 2 N–H and O–H groups in total. The minimum Gasteiger partial charge on any atom is -0.326 e. The van der Waals surface area contributed by atoms with Crippen LogP contribution in [-0.4, -0.2) is 0 Å². The molecule has 3 heteroatoms. The lowest BCUT2D eigenvalue weighted by Crippen LogP contribution is -1.98. The molecule has 0 aliphatic rings. The summed E-state index contributed by atoms with van der Waals surface area (Å²) in [6.07, 6.45) is 0. The Kier molecular flexibility index (Phi) is 3.69. The number of benzene rings is 2. The summed E-state index contributed by atoms with van der Waals surface area (Å²) in [6, 6.07) is 8.96. The summed E-state index contributed by atoms with van der Waals surface area (Å²) < 4.78 is 14.0. The molecule has 0 atom stereocenters. The molecule has 0 aliphatic heterocycles. The number of hydrogen-bond donors (Lipinski definition) is 1. The quantitative estimate of drug-likeness (QED) is 0.862. The van der Waals surface area contributed by atoms with Crippen molar-refractivity contribution >= 4 is 11.6 Å². The third-order valence-electron chi connectivity index (χ3n) is 2.99. The first-order valence-corrected chi connectivity index (χ1v) is 6.16. The van der Waals surface area contributed by atoms with Crippen LogP contribution < -0.4 is 5.73 Å². The highest BCUT2D eigenvalue weighted by molar-refractivity contribution is 6.31. The molecule has 0 bridgehead atoms. The van der Waals surface area contributed by atoms with Crippen LogP contribution in [0.1, 0.15) is 16.7 Å². The average Bonchev–Trinajstić information content (AvgIpc) is 2.27. The van der Waals surface area contributed by atoms with Gasteiger partial charge in [0.2, 0.25) is 0 Å². The van der Waals surface area contributed by atoms with Gasteiger partial charge in [0.1, 0.15) is 5.82 Å². The van der Waals surface area contributed by atoms with E-state index in [1.807, 2.05) is 32.0 Å². The summed E-state index contributed by atoms with van der Waals surface area (Å²) >= 11 is 6.11. The predicted octanol–water partition coefficient (Wildman–Crippen LogP) is 4.22. The second kappa shape index (κ2) is 5.09. The molecule has 0 fully saturated rings. The zero-order valence-electron chi connectivity index (χ0n) is 10.4. The van der Waals surface area contributed by atoms with E-state index >= 15 is 0 Å². The van der Waals surface area contributed by atoms with Crippen molar-refractivity contribution in [1.29, 1.82) is 0 Å². The Morgan fingerprint density at radius 1 is 1.17 bits per heavy atom. The first kappa shape index (κ1) is 13.1. The van der Waals surface area contributed by atoms with Crippen LogP contribution in [0.3, 0.4) is 0 Å². The highest BCUT2D eigenvalue weighted by atomic mass is 35.5. The third kappa shape index (κ3) is 2.40. The van der Waals surface area contributed by atoms with E-state index in [4.69, 9.17) is 17.3 Å². The van der Waals surface area contributed by atoms with Crippen LogP contribution in [0.5, 0.6) is 0 Å². The topological polar surface area (TPSA) is 26.0 Å². The Hall–Kier alpha value is -1.38. The molecule has 0 aliphatic carbocycles. The fourth-order valence-corrected chi connectivity index (χ4v) is 2.41. The molecule has 0 radical (unpaired) electrons. The lowest BCUT2D eigenvalue weighted by atomic mass is 9.97. The molecule has 94 valence electrons. The van der Waals surface area contributed by atoms with Crippen molar-refractivity contribution in [2.75, 3.05) is 0 Å². The van der Waals surface area contributed by atoms with E-state index in [0.29, 0.717) is 17.1 Å². The van der Waals surface area contributed by atoms with Gasteiger partial charge in [-0.05, 0) is 48.2 Å². The van der Waals surface area contributed by atoms with Crippen LogP contribution in [0.4, 0.5) is 4.39 Å². The number of rotatable bonds is 2. The molecule has 1 nitrogen and oxygen atoms in total. The van der Waals surface area contributed by atoms with Gasteiger partial charge >= 0.3 is 0 Å². The molecular weight excluding hydrogens is 249 g/mol. The Morgan fingerprint density at radius 3 is 2.44 bits per heavy atom. The molecule has 2 rings (SSSR count). The maximum absolute atomic E-state index is 14.0. The van der Waals surface area contributed by atoms with E-state index in [9.17, 15) is 4.39 Å². The highest BCUT2D eigenvalue weighted by Crippen LogP contribution is 2.30. The van der Waals surface area contributed by atoms with Gasteiger partial charge in [-0.25, -0.2) is 4.39 Å². The SMILES string of the molecule is Cc1cc(C)c(-c2ccc(CN)c(Cl)c2)c(F)c1. The Balaban J connectivity index is 2.59. The standard InChI is InChI=1S/C15H15ClFN/c1-9-5-10(2)15(14(17)6-9)11-3-4-12(8-18)13(16)7-11/h3-7H,8,18H2,1-2H3. The molecule has 0 aromatic heterocycles. The van der Waals surface area contributed by atoms with Gasteiger partial charge in [0.25, 0.3) is 0 Å². The van der Waals surface area contributed by atoms with Crippen LogP contribution >= 0.6 is 11.6 Å². The Morgan fingerprint density at radius 2 is 1.89 bits per heavy atom. The Bertz CT molecular complexity index is 570. The number of aryl methyl sites for hydroxylation is 2. The second-order valence-electron chi connectivity index (χ2n) is 4.45. The van der Waals surface area contributed by atoms with E-state index in [1.54, 1.807) is 6.07 Å². The van der Waals surface area contributed by atoms with Gasteiger partial charge in [0.05, 0.1) is 0 Å². The molecule has 0 spiro atoms. The molecule has 18 heavy (non-hydrogen) atoms. The van der Waals surface area contributed by atoms with Crippen LogP contribution in [-0.2, 0) is 6.54 Å². The van der Waals surface area contributed by atoms with Crippen LogP contribution in [0, 0.1) is 19.7 Å². The highest BCUT2D eigenvalue weighted by Gasteiger charge is 2.11. The lowest BCUT2D eigenvalue weighted by molar-refractivity contribution is 0.629. The number of nitrogens with two attached hydrogens (primary N) is 1. The number of hydrogen-bond acceptors (Lipinski definition) is 1. The van der Waals surface area contributed by atoms with Gasteiger partial charge in [0.15, 0.2) is 0 Å². The first-order valence-electron chi connectivity index (χ1n) is 5.78. The monoisotopic (exact) mass is 263 g/mol. The van der Waals surface area contributed by atoms with Crippen LogP contribution in [0.15, 0.2) is 30.3 Å². The van der Waals surface area contributed by atoms with E-state index < -0.39 is 0 Å². The van der Waals surface area contributed by atoms with Crippen molar-refractivity contribution in [3.05, 3.63) is 57.9 Å². The fraction of sp³-hybridized carbons (Fsp3) is 0.200. The van der Waals surface area contributed by atoms with Gasteiger partial charge < -0.3 is 5.73 Å². The van der Waals surface area contributed by atoms with Crippen molar-refractivity contribution in [2.24, 2.45) is 5.73 Å². The minimum atomic E-state index is -0.218. The summed E-state index contributed by atoms with van der Waals surface area (Å²) in [5.41, 5.74) is 9.64. The van der Waals surface area contributed by atoms with Gasteiger partial charge in [0, 0.05) is 17.1 Å². The number of halogens is 2. The first-order chi connectivity index (χ1) is 8.52. The zero-order valence-corrected chi connectivity index (χ0v) is 11.2. The summed E-state index contributed by atoms with van der Waals surface area (Å²) in [6.45, 7) is 4.16. The maximum atomic E-state index is 14.0. The van der Waals surface area contributed by atoms with E-state index in [1.165, 1.54) is 6.07 Å². The van der Waals surface area contributed by atoms with Crippen LogP contribution in [0.25, 0.3) is 11.1 Å². The normalized spacial score (nSPS) is 10.7. The molecular formula is C15H15ClFN. The second-order valence-corrected chi connectivity index (χ2v) is 4.86. The van der Waals surface area contributed by atoms with Crippen LogP contribution in [0.2, 0.25) is 5.02 Å². The summed E-state index contributed by atoms with van der Waals surface area (Å²) in [7, 11) is 0. The van der Waals surface area contributed by atoms with E-state index in [2.05, 4.69) is 0 Å². The largest absolute Gasteiger partial charge is 0.326 e. The molecule has 2 aromatic carbocycles. The van der Waals surface area contributed by atoms with Gasteiger partial charge in [-0.1, -0.05) is 29.8 Å². The van der Waals surface area contributed by atoms with Gasteiger partial charge in [-0.3, -0.25) is 0 Å². The molecule has 0 unspecified atom stereocenters. The lowest BCUT2D eigenvalue weighted by Gasteiger charge is -2.11. The molecule has 0 saturated heterocycles. The zero-order chi connectivity index (χ0) is 13.3. The fourth-order valence-electron chi connectivity index (χ4n) is 2.15. The molecule has 2 aromatic rings. The molecule has 0 heterocycles.